The van der Waals surface area contributed by atoms with Crippen LogP contribution in [-0.4, -0.2) is 30.0 Å². The maximum Gasteiger partial charge on any atom is 0.252 e. The third-order valence-corrected chi connectivity index (χ3v) is 5.50. The second-order valence-corrected chi connectivity index (χ2v) is 7.39. The third kappa shape index (κ3) is 3.88. The van der Waals surface area contributed by atoms with Crippen LogP contribution in [0.4, 0.5) is 0 Å². The maximum atomic E-state index is 12.5. The molecule has 0 spiro atoms. The molecule has 0 radical (unpaired) electrons. The van der Waals surface area contributed by atoms with Crippen LogP contribution < -0.4 is 10.6 Å². The van der Waals surface area contributed by atoms with Crippen molar-refractivity contribution < 1.29 is 4.79 Å². The number of thiazole rings is 1. The van der Waals surface area contributed by atoms with E-state index in [1.165, 1.54) is 0 Å². The number of aromatic nitrogens is 1. The molecule has 1 atom stereocenters. The van der Waals surface area contributed by atoms with Crippen LogP contribution in [0.15, 0.2) is 34.5 Å². The van der Waals surface area contributed by atoms with Crippen molar-refractivity contribution in [1.29, 1.82) is 0 Å². The number of thioether (sulfide) groups is 1. The van der Waals surface area contributed by atoms with Gasteiger partial charge >= 0.3 is 0 Å². The summed E-state index contributed by atoms with van der Waals surface area (Å²) in [5.41, 5.74) is 1.83. The van der Waals surface area contributed by atoms with E-state index in [1.807, 2.05) is 31.2 Å². The van der Waals surface area contributed by atoms with Gasteiger partial charge in [-0.25, -0.2) is 4.98 Å². The van der Waals surface area contributed by atoms with Crippen molar-refractivity contribution in [2.45, 2.75) is 30.0 Å². The van der Waals surface area contributed by atoms with Crippen LogP contribution in [0.2, 0.25) is 0 Å². The number of amides is 1. The molecule has 1 aliphatic heterocycles. The summed E-state index contributed by atoms with van der Waals surface area (Å²) < 4.78 is 0. The summed E-state index contributed by atoms with van der Waals surface area (Å²) in [7, 11) is 0. The lowest BCUT2D eigenvalue weighted by molar-refractivity contribution is 0.0937. The van der Waals surface area contributed by atoms with Gasteiger partial charge in [0, 0.05) is 28.6 Å². The van der Waals surface area contributed by atoms with Gasteiger partial charge in [0.1, 0.15) is 0 Å². The van der Waals surface area contributed by atoms with E-state index in [-0.39, 0.29) is 11.9 Å². The van der Waals surface area contributed by atoms with Crippen LogP contribution in [0.25, 0.3) is 0 Å². The predicted molar refractivity (Wildman–Crippen MR) is 91.6 cm³/mol. The number of aryl methyl sites for hydroxylation is 1. The molecule has 1 saturated heterocycles. The molecule has 1 fully saturated rings. The third-order valence-electron chi connectivity index (χ3n) is 3.57. The van der Waals surface area contributed by atoms with Crippen LogP contribution in [0.3, 0.4) is 0 Å². The van der Waals surface area contributed by atoms with Crippen molar-refractivity contribution in [3.8, 4) is 0 Å². The van der Waals surface area contributed by atoms with Crippen molar-refractivity contribution in [2.75, 3.05) is 13.1 Å². The Labute approximate surface area is 138 Å². The van der Waals surface area contributed by atoms with E-state index >= 15 is 0 Å². The van der Waals surface area contributed by atoms with E-state index in [4.69, 9.17) is 0 Å². The minimum absolute atomic E-state index is 0.0197. The van der Waals surface area contributed by atoms with Crippen LogP contribution in [0.5, 0.6) is 0 Å². The zero-order valence-corrected chi connectivity index (χ0v) is 14.1. The van der Waals surface area contributed by atoms with Gasteiger partial charge in [0.2, 0.25) is 0 Å². The van der Waals surface area contributed by atoms with Gasteiger partial charge < -0.3 is 10.6 Å². The first-order valence-corrected chi connectivity index (χ1v) is 9.23. The molecule has 1 aliphatic rings. The number of hydrogen-bond donors (Lipinski definition) is 2. The van der Waals surface area contributed by atoms with Crippen molar-refractivity contribution in [3.63, 3.8) is 0 Å². The summed E-state index contributed by atoms with van der Waals surface area (Å²) in [5.74, 6) is 0.811. The smallest absolute Gasteiger partial charge is 0.252 e. The number of rotatable bonds is 5. The lowest BCUT2D eigenvalue weighted by Crippen LogP contribution is -2.36. The fourth-order valence-corrected chi connectivity index (χ4v) is 4.11. The summed E-state index contributed by atoms with van der Waals surface area (Å²) in [5, 5.41) is 9.53. The molecule has 22 heavy (non-hydrogen) atoms. The molecule has 1 amide bonds. The van der Waals surface area contributed by atoms with E-state index in [2.05, 4.69) is 21.0 Å². The number of nitrogens with one attached hydrogen (secondary N) is 2. The summed E-state index contributed by atoms with van der Waals surface area (Å²) in [6.45, 7) is 3.85. The quantitative estimate of drug-likeness (QED) is 0.826. The highest BCUT2D eigenvalue weighted by Crippen LogP contribution is 2.27. The Balaban J connectivity index is 1.67. The fraction of sp³-hybridized carbons (Fsp3) is 0.375. The van der Waals surface area contributed by atoms with Gasteiger partial charge in [0.25, 0.3) is 5.91 Å². The number of carbonyl (C=O) groups is 1. The molecule has 0 bridgehead atoms. The zero-order valence-electron chi connectivity index (χ0n) is 12.5. The lowest BCUT2D eigenvalue weighted by Gasteiger charge is -2.13. The fourth-order valence-electron chi connectivity index (χ4n) is 2.45. The SMILES string of the molecule is Cc1nc(CSc2ccccc2C(=O)NC2CCNC2)cs1. The Morgan fingerprint density at radius 1 is 1.50 bits per heavy atom. The highest BCUT2D eigenvalue weighted by molar-refractivity contribution is 7.98. The van der Waals surface area contributed by atoms with Gasteiger partial charge in [-0.1, -0.05) is 12.1 Å². The van der Waals surface area contributed by atoms with Crippen LogP contribution in [-0.2, 0) is 5.75 Å². The summed E-state index contributed by atoms with van der Waals surface area (Å²) in [4.78, 5) is 18.0. The molecule has 1 unspecified atom stereocenters. The Morgan fingerprint density at radius 2 is 2.36 bits per heavy atom. The normalized spacial score (nSPS) is 17.6. The first kappa shape index (κ1) is 15.5. The Hall–Kier alpha value is -1.37. The van der Waals surface area contributed by atoms with Gasteiger partial charge in [0.05, 0.1) is 16.3 Å². The highest BCUT2D eigenvalue weighted by atomic mass is 32.2. The number of carbonyl (C=O) groups excluding carboxylic acids is 1. The second kappa shape index (κ2) is 7.26. The van der Waals surface area contributed by atoms with E-state index in [0.29, 0.717) is 0 Å². The standard InChI is InChI=1S/C16H19N3OS2/c1-11-18-13(9-21-11)10-22-15-5-3-2-4-14(15)16(20)19-12-6-7-17-8-12/h2-5,9,12,17H,6-8,10H2,1H3,(H,19,20). The first-order chi connectivity index (χ1) is 10.7. The molecule has 4 nitrogen and oxygen atoms in total. The van der Waals surface area contributed by atoms with Crippen LogP contribution >= 0.6 is 23.1 Å². The minimum Gasteiger partial charge on any atom is -0.348 e. The topological polar surface area (TPSA) is 54.0 Å². The zero-order chi connectivity index (χ0) is 15.4. The average molecular weight is 333 g/mol. The molecule has 116 valence electrons. The highest BCUT2D eigenvalue weighted by Gasteiger charge is 2.19. The van der Waals surface area contributed by atoms with Gasteiger partial charge in [-0.2, -0.15) is 0 Å². The minimum atomic E-state index is 0.0197. The first-order valence-electron chi connectivity index (χ1n) is 7.37. The molecule has 1 aromatic carbocycles. The lowest BCUT2D eigenvalue weighted by atomic mass is 10.2. The van der Waals surface area contributed by atoms with Gasteiger partial charge in [-0.3, -0.25) is 4.79 Å². The van der Waals surface area contributed by atoms with Crippen molar-refractivity contribution in [2.24, 2.45) is 0 Å². The molecule has 2 N–H and O–H groups in total. The molecule has 3 rings (SSSR count). The Kier molecular flexibility index (Phi) is 5.12. The monoisotopic (exact) mass is 333 g/mol. The Morgan fingerprint density at radius 3 is 3.09 bits per heavy atom. The molecule has 6 heteroatoms. The molecule has 0 aliphatic carbocycles. The molecule has 1 aromatic heterocycles. The van der Waals surface area contributed by atoms with Gasteiger partial charge in [-0.15, -0.1) is 23.1 Å². The summed E-state index contributed by atoms with van der Waals surface area (Å²) in [6.07, 6.45) is 0.999. The predicted octanol–water partition coefficient (Wildman–Crippen LogP) is 2.84. The van der Waals surface area contributed by atoms with E-state index in [9.17, 15) is 4.79 Å². The molecule has 0 saturated carbocycles. The van der Waals surface area contributed by atoms with E-state index in [0.717, 1.165) is 46.4 Å². The average Bonchev–Trinajstić information content (AvgIpc) is 3.17. The maximum absolute atomic E-state index is 12.5. The number of benzene rings is 1. The van der Waals surface area contributed by atoms with Gasteiger partial charge in [0.15, 0.2) is 0 Å². The summed E-state index contributed by atoms with van der Waals surface area (Å²) in [6, 6.07) is 8.03. The van der Waals surface area contributed by atoms with Crippen molar-refractivity contribution in [1.82, 2.24) is 15.6 Å². The Bertz CT molecular complexity index is 650. The summed E-state index contributed by atoms with van der Waals surface area (Å²) >= 11 is 3.33. The van der Waals surface area contributed by atoms with Crippen molar-refractivity contribution in [3.05, 3.63) is 45.9 Å². The molecule has 2 aromatic rings. The van der Waals surface area contributed by atoms with Crippen LogP contribution in [0, 0.1) is 6.92 Å². The van der Waals surface area contributed by atoms with Crippen LogP contribution in [0.1, 0.15) is 27.5 Å². The number of nitrogens with zero attached hydrogens (tertiary/aromatic N) is 1. The molecular formula is C16H19N3OS2. The number of hydrogen-bond acceptors (Lipinski definition) is 5. The second-order valence-electron chi connectivity index (χ2n) is 5.31. The molecular weight excluding hydrogens is 314 g/mol. The molecule has 2 heterocycles. The van der Waals surface area contributed by atoms with E-state index in [1.54, 1.807) is 23.1 Å². The van der Waals surface area contributed by atoms with Gasteiger partial charge in [-0.05, 0) is 32.0 Å². The van der Waals surface area contributed by atoms with E-state index < -0.39 is 0 Å². The largest absolute Gasteiger partial charge is 0.348 e. The van der Waals surface area contributed by atoms with Crippen molar-refractivity contribution >= 4 is 29.0 Å².